The number of nitrogens with one attached hydrogen (secondary N) is 1. The van der Waals surface area contributed by atoms with Crippen LogP contribution in [0.4, 0.5) is 5.69 Å². The van der Waals surface area contributed by atoms with Crippen molar-refractivity contribution in [1.29, 1.82) is 0 Å². The van der Waals surface area contributed by atoms with E-state index in [2.05, 4.69) is 5.32 Å². The zero-order valence-corrected chi connectivity index (χ0v) is 19.7. The third-order valence-electron chi connectivity index (χ3n) is 5.20. The molecule has 7 nitrogen and oxygen atoms in total. The van der Waals surface area contributed by atoms with Crippen molar-refractivity contribution < 1.29 is 23.7 Å². The van der Waals surface area contributed by atoms with E-state index in [4.69, 9.17) is 31.2 Å². The van der Waals surface area contributed by atoms with Gasteiger partial charge < -0.3 is 24.3 Å². The number of hydrogen-bond donors (Lipinski definition) is 1. The Labute approximate surface area is 193 Å². The summed E-state index contributed by atoms with van der Waals surface area (Å²) in [5.41, 5.74) is 2.76. The fraction of sp³-hybridized carbons (Fsp3) is 0.333. The lowest BCUT2D eigenvalue weighted by Gasteiger charge is -2.37. The van der Waals surface area contributed by atoms with Crippen LogP contribution in [0.2, 0.25) is 0 Å². The number of ether oxygens (including phenoxy) is 4. The summed E-state index contributed by atoms with van der Waals surface area (Å²) in [6.07, 6.45) is 0.888. The SMILES string of the molecule is CCCOc1ccc([C@@H]2NC(=S)N(c3ccc(OC)cc3)C(C)=C2C(=O)OC)cc1OC. The minimum Gasteiger partial charge on any atom is -0.497 e. The molecule has 0 fully saturated rings. The van der Waals surface area contributed by atoms with Gasteiger partial charge in [-0.05, 0) is 67.5 Å². The Hall–Kier alpha value is -3.26. The molecule has 1 aliphatic heterocycles. The maximum Gasteiger partial charge on any atom is 0.337 e. The van der Waals surface area contributed by atoms with Crippen molar-refractivity contribution in [2.45, 2.75) is 26.3 Å². The summed E-state index contributed by atoms with van der Waals surface area (Å²) in [6, 6.07) is 12.5. The molecule has 1 N–H and O–H groups in total. The quantitative estimate of drug-likeness (QED) is 0.464. The number of anilines is 1. The van der Waals surface area contributed by atoms with Crippen LogP contribution < -0.4 is 24.4 Å². The standard InChI is InChI=1S/C24H28N2O5S/c1-6-13-31-19-12-7-16(14-20(19)29-4)22-21(23(27)30-5)15(2)26(24(32)25-22)17-8-10-18(28-3)11-9-17/h7-12,14,22H,6,13H2,1-5H3,(H,25,32)/t22-/m0/s1. The molecule has 1 heterocycles. The highest BCUT2D eigenvalue weighted by atomic mass is 32.1. The molecule has 8 heteroatoms. The molecule has 0 aromatic heterocycles. The van der Waals surface area contributed by atoms with Crippen LogP contribution in [0.15, 0.2) is 53.7 Å². The van der Waals surface area contributed by atoms with Gasteiger partial charge in [0.15, 0.2) is 16.6 Å². The molecule has 2 aromatic rings. The second-order valence-electron chi connectivity index (χ2n) is 7.17. The predicted octanol–water partition coefficient (Wildman–Crippen LogP) is 4.38. The van der Waals surface area contributed by atoms with Crippen LogP contribution in [0.3, 0.4) is 0 Å². The van der Waals surface area contributed by atoms with Gasteiger partial charge in [0.05, 0.1) is 39.6 Å². The number of esters is 1. The van der Waals surface area contributed by atoms with Crippen molar-refractivity contribution in [3.63, 3.8) is 0 Å². The first-order valence-corrected chi connectivity index (χ1v) is 10.7. The number of allylic oxidation sites excluding steroid dienone is 1. The van der Waals surface area contributed by atoms with E-state index in [-0.39, 0.29) is 0 Å². The molecule has 0 saturated heterocycles. The third kappa shape index (κ3) is 4.65. The van der Waals surface area contributed by atoms with Crippen LogP contribution in [-0.4, -0.2) is 39.0 Å². The summed E-state index contributed by atoms with van der Waals surface area (Å²) in [6.45, 7) is 4.48. The Kier molecular flexibility index (Phi) is 7.58. The topological polar surface area (TPSA) is 69.3 Å². The molecule has 1 atom stereocenters. The highest BCUT2D eigenvalue weighted by molar-refractivity contribution is 7.80. The maximum atomic E-state index is 12.8. The number of carbonyl (C=O) groups is 1. The van der Waals surface area contributed by atoms with Gasteiger partial charge in [0.25, 0.3) is 0 Å². The zero-order chi connectivity index (χ0) is 23.3. The van der Waals surface area contributed by atoms with E-state index in [1.807, 2.05) is 61.2 Å². The Bertz CT molecular complexity index is 1020. The minimum absolute atomic E-state index is 0.439. The molecule has 32 heavy (non-hydrogen) atoms. The lowest BCUT2D eigenvalue weighted by atomic mass is 9.94. The van der Waals surface area contributed by atoms with Gasteiger partial charge in [-0.25, -0.2) is 4.79 Å². The van der Waals surface area contributed by atoms with Crippen LogP contribution in [0.1, 0.15) is 31.9 Å². The molecule has 1 aliphatic rings. The fourth-order valence-corrected chi connectivity index (χ4v) is 3.96. The second kappa shape index (κ2) is 10.4. The Morgan fingerprint density at radius 1 is 1.06 bits per heavy atom. The van der Waals surface area contributed by atoms with Gasteiger partial charge in [0.1, 0.15) is 5.75 Å². The van der Waals surface area contributed by atoms with Crippen molar-refractivity contribution in [3.8, 4) is 17.2 Å². The lowest BCUT2D eigenvalue weighted by Crippen LogP contribution is -2.48. The Morgan fingerprint density at radius 3 is 2.38 bits per heavy atom. The van der Waals surface area contributed by atoms with Crippen LogP contribution in [0.25, 0.3) is 0 Å². The summed E-state index contributed by atoms with van der Waals surface area (Å²) >= 11 is 5.69. The van der Waals surface area contributed by atoms with Crippen LogP contribution in [0.5, 0.6) is 17.2 Å². The molecular formula is C24H28N2O5S. The first-order valence-electron chi connectivity index (χ1n) is 10.3. The summed E-state index contributed by atoms with van der Waals surface area (Å²) in [5, 5.41) is 3.76. The molecule has 2 aromatic carbocycles. The number of rotatable bonds is 8. The first kappa shape index (κ1) is 23.4. The molecule has 0 unspecified atom stereocenters. The third-order valence-corrected chi connectivity index (χ3v) is 5.50. The van der Waals surface area contributed by atoms with Crippen molar-refractivity contribution in [1.82, 2.24) is 5.32 Å². The number of benzene rings is 2. The summed E-state index contributed by atoms with van der Waals surface area (Å²) in [7, 11) is 4.57. The van der Waals surface area contributed by atoms with Gasteiger partial charge in [-0.2, -0.15) is 0 Å². The average molecular weight is 457 g/mol. The minimum atomic E-state index is -0.501. The van der Waals surface area contributed by atoms with Gasteiger partial charge in [-0.15, -0.1) is 0 Å². The molecule has 3 rings (SSSR count). The number of nitrogens with zero attached hydrogens (tertiary/aromatic N) is 1. The van der Waals surface area contributed by atoms with Crippen LogP contribution in [0, 0.1) is 0 Å². The van der Waals surface area contributed by atoms with Gasteiger partial charge in [0.2, 0.25) is 0 Å². The molecule has 0 aliphatic carbocycles. The van der Waals surface area contributed by atoms with Crippen molar-refractivity contribution in [3.05, 3.63) is 59.3 Å². The molecule has 0 amide bonds. The molecule has 0 radical (unpaired) electrons. The van der Waals surface area contributed by atoms with Gasteiger partial charge in [0, 0.05) is 11.4 Å². The molecular weight excluding hydrogens is 428 g/mol. The van der Waals surface area contributed by atoms with E-state index < -0.39 is 12.0 Å². The molecule has 0 bridgehead atoms. The number of carbonyl (C=O) groups excluding carboxylic acids is 1. The highest BCUT2D eigenvalue weighted by Crippen LogP contribution is 2.38. The van der Waals surface area contributed by atoms with E-state index in [0.717, 1.165) is 23.4 Å². The largest absolute Gasteiger partial charge is 0.497 e. The van der Waals surface area contributed by atoms with E-state index in [1.165, 1.54) is 7.11 Å². The Balaban J connectivity index is 2.06. The first-order chi connectivity index (χ1) is 15.4. The fourth-order valence-electron chi connectivity index (χ4n) is 3.60. The predicted molar refractivity (Wildman–Crippen MR) is 127 cm³/mol. The Morgan fingerprint density at radius 2 is 1.78 bits per heavy atom. The second-order valence-corrected chi connectivity index (χ2v) is 7.55. The van der Waals surface area contributed by atoms with Crippen LogP contribution >= 0.6 is 12.2 Å². The molecule has 170 valence electrons. The van der Waals surface area contributed by atoms with E-state index in [9.17, 15) is 4.79 Å². The van der Waals surface area contributed by atoms with Crippen molar-refractivity contribution in [2.75, 3.05) is 32.8 Å². The van der Waals surface area contributed by atoms with Crippen molar-refractivity contribution >= 4 is 29.0 Å². The number of thiocarbonyl (C=S) groups is 1. The summed E-state index contributed by atoms with van der Waals surface area (Å²) in [4.78, 5) is 14.7. The monoisotopic (exact) mass is 456 g/mol. The van der Waals surface area contributed by atoms with E-state index >= 15 is 0 Å². The van der Waals surface area contributed by atoms with Gasteiger partial charge in [-0.3, -0.25) is 4.90 Å². The average Bonchev–Trinajstić information content (AvgIpc) is 2.82. The number of hydrogen-bond acceptors (Lipinski definition) is 6. The van der Waals surface area contributed by atoms with Gasteiger partial charge >= 0.3 is 5.97 Å². The number of methoxy groups -OCH3 is 3. The van der Waals surface area contributed by atoms with E-state index in [1.54, 1.807) is 14.2 Å². The van der Waals surface area contributed by atoms with Gasteiger partial charge in [-0.1, -0.05) is 13.0 Å². The summed E-state index contributed by atoms with van der Waals surface area (Å²) < 4.78 is 21.6. The highest BCUT2D eigenvalue weighted by Gasteiger charge is 2.35. The molecule has 0 saturated carbocycles. The van der Waals surface area contributed by atoms with Crippen LogP contribution in [-0.2, 0) is 9.53 Å². The van der Waals surface area contributed by atoms with E-state index in [0.29, 0.717) is 34.5 Å². The lowest BCUT2D eigenvalue weighted by molar-refractivity contribution is -0.136. The van der Waals surface area contributed by atoms with Crippen molar-refractivity contribution in [2.24, 2.45) is 0 Å². The smallest absolute Gasteiger partial charge is 0.337 e. The zero-order valence-electron chi connectivity index (χ0n) is 18.9. The molecule has 0 spiro atoms. The normalized spacial score (nSPS) is 15.8. The maximum absolute atomic E-state index is 12.8. The summed E-state index contributed by atoms with van der Waals surface area (Å²) in [5.74, 6) is 1.53.